The molecule has 0 spiro atoms. The first-order valence-corrected chi connectivity index (χ1v) is 11.0. The maximum atomic E-state index is 6.56. The Morgan fingerprint density at radius 2 is 1.87 bits per heavy atom. The van der Waals surface area contributed by atoms with E-state index in [0.717, 1.165) is 59.8 Å². The third kappa shape index (κ3) is 4.16. The first-order valence-electron chi connectivity index (χ1n) is 10.7. The number of hydrogen-bond acceptors (Lipinski definition) is 4. The molecule has 2 aromatic heterocycles. The summed E-state index contributed by atoms with van der Waals surface area (Å²) >= 11 is 6.56. The van der Waals surface area contributed by atoms with Gasteiger partial charge in [-0.25, -0.2) is 9.97 Å². The molecule has 158 valence electrons. The summed E-state index contributed by atoms with van der Waals surface area (Å²) in [6.45, 7) is 2.68. The van der Waals surface area contributed by atoms with Gasteiger partial charge in [-0.1, -0.05) is 54.1 Å². The monoisotopic (exact) mass is 432 g/mol. The van der Waals surface area contributed by atoms with Gasteiger partial charge in [0.15, 0.2) is 5.15 Å². The zero-order valence-corrected chi connectivity index (χ0v) is 18.3. The van der Waals surface area contributed by atoms with Gasteiger partial charge in [0.1, 0.15) is 23.7 Å². The number of rotatable bonds is 5. The third-order valence-electron chi connectivity index (χ3n) is 5.98. The first-order chi connectivity index (χ1) is 15.2. The van der Waals surface area contributed by atoms with E-state index in [2.05, 4.69) is 39.5 Å². The molecule has 0 unspecified atom stereocenters. The lowest BCUT2D eigenvalue weighted by Gasteiger charge is -2.28. The number of ether oxygens (including phenoxy) is 1. The minimum Gasteiger partial charge on any atom is -0.489 e. The van der Waals surface area contributed by atoms with E-state index in [-0.39, 0.29) is 0 Å². The molecule has 1 saturated heterocycles. The first kappa shape index (κ1) is 20.0. The molecule has 3 heterocycles. The van der Waals surface area contributed by atoms with Gasteiger partial charge in [0.25, 0.3) is 0 Å². The van der Waals surface area contributed by atoms with Crippen LogP contribution in [0.4, 0.5) is 0 Å². The number of nitrogens with zero attached hydrogens (tertiary/aromatic N) is 4. The average Bonchev–Trinajstić information content (AvgIpc) is 3.20. The highest BCUT2D eigenvalue weighted by Crippen LogP contribution is 2.35. The number of halogens is 1. The lowest BCUT2D eigenvalue weighted by atomic mass is 9.96. The Labute approximate surface area is 187 Å². The largest absolute Gasteiger partial charge is 0.489 e. The van der Waals surface area contributed by atoms with Gasteiger partial charge in [-0.05, 0) is 50.7 Å². The second-order valence-electron chi connectivity index (χ2n) is 8.13. The number of aromatic nitrogens is 3. The minimum atomic E-state index is 0.411. The van der Waals surface area contributed by atoms with Crippen LogP contribution in [0, 0.1) is 0 Å². The van der Waals surface area contributed by atoms with Crippen molar-refractivity contribution in [3.63, 3.8) is 0 Å². The molecular formula is C25H25ClN4O. The number of fused-ring (bicyclic) bond motifs is 1. The molecule has 0 N–H and O–H groups in total. The lowest BCUT2D eigenvalue weighted by Crippen LogP contribution is -2.29. The van der Waals surface area contributed by atoms with Crippen molar-refractivity contribution in [1.29, 1.82) is 0 Å². The van der Waals surface area contributed by atoms with Crippen LogP contribution in [0.25, 0.3) is 16.8 Å². The molecule has 0 aliphatic carbocycles. The zero-order chi connectivity index (χ0) is 21.2. The molecule has 2 aromatic carbocycles. The minimum absolute atomic E-state index is 0.411. The van der Waals surface area contributed by atoms with Crippen molar-refractivity contribution in [1.82, 2.24) is 19.3 Å². The molecule has 6 heteroatoms. The smallest absolute Gasteiger partial charge is 0.155 e. The SMILES string of the molecule is CN1CCC(c2nc(-c3cccc(OCc4ccccc4)c3)c3c(Cl)nccn23)CC1. The van der Waals surface area contributed by atoms with Gasteiger partial charge in [-0.2, -0.15) is 0 Å². The highest BCUT2D eigenvalue weighted by atomic mass is 35.5. The van der Waals surface area contributed by atoms with Crippen molar-refractivity contribution < 1.29 is 4.74 Å². The number of hydrogen-bond donors (Lipinski definition) is 0. The molecule has 31 heavy (non-hydrogen) atoms. The second-order valence-corrected chi connectivity index (χ2v) is 8.49. The molecule has 0 bridgehead atoms. The Hall–Kier alpha value is -2.89. The van der Waals surface area contributed by atoms with Crippen LogP contribution in [-0.2, 0) is 6.61 Å². The molecule has 0 saturated carbocycles. The Morgan fingerprint density at radius 1 is 1.06 bits per heavy atom. The van der Waals surface area contributed by atoms with Gasteiger partial charge in [-0.3, -0.25) is 4.40 Å². The summed E-state index contributed by atoms with van der Waals surface area (Å²) in [6, 6.07) is 18.2. The van der Waals surface area contributed by atoms with Gasteiger partial charge in [-0.15, -0.1) is 0 Å². The molecule has 0 atom stereocenters. The average molecular weight is 433 g/mol. The number of imidazole rings is 1. The topological polar surface area (TPSA) is 42.7 Å². The highest BCUT2D eigenvalue weighted by molar-refractivity contribution is 6.33. The van der Waals surface area contributed by atoms with Gasteiger partial charge < -0.3 is 9.64 Å². The molecule has 1 fully saturated rings. The Balaban J connectivity index is 1.50. The van der Waals surface area contributed by atoms with Crippen LogP contribution in [0.5, 0.6) is 5.75 Å². The van der Waals surface area contributed by atoms with Crippen molar-refractivity contribution in [2.75, 3.05) is 20.1 Å². The summed E-state index contributed by atoms with van der Waals surface area (Å²) < 4.78 is 8.17. The number of piperidine rings is 1. The van der Waals surface area contributed by atoms with Gasteiger partial charge in [0, 0.05) is 23.9 Å². The van der Waals surface area contributed by atoms with E-state index in [9.17, 15) is 0 Å². The van der Waals surface area contributed by atoms with Crippen molar-refractivity contribution in [3.05, 3.63) is 83.5 Å². The second kappa shape index (κ2) is 8.69. The third-order valence-corrected chi connectivity index (χ3v) is 6.25. The Bertz CT molecular complexity index is 1180. The van der Waals surface area contributed by atoms with E-state index in [1.54, 1.807) is 6.20 Å². The van der Waals surface area contributed by atoms with Crippen LogP contribution >= 0.6 is 11.6 Å². The van der Waals surface area contributed by atoms with Crippen LogP contribution in [-0.4, -0.2) is 39.4 Å². The molecule has 5 rings (SSSR count). The van der Waals surface area contributed by atoms with Crippen LogP contribution in [0.2, 0.25) is 5.15 Å². The van der Waals surface area contributed by atoms with Crippen molar-refractivity contribution in [3.8, 4) is 17.0 Å². The fourth-order valence-corrected chi connectivity index (χ4v) is 4.49. The van der Waals surface area contributed by atoms with Crippen LogP contribution in [0.1, 0.15) is 30.1 Å². The van der Waals surface area contributed by atoms with E-state index < -0.39 is 0 Å². The molecular weight excluding hydrogens is 408 g/mol. The Kier molecular flexibility index (Phi) is 5.62. The normalized spacial score (nSPS) is 15.4. The van der Waals surface area contributed by atoms with Crippen LogP contribution in [0.15, 0.2) is 67.0 Å². The van der Waals surface area contributed by atoms with E-state index in [0.29, 0.717) is 17.7 Å². The van der Waals surface area contributed by atoms with Crippen LogP contribution in [0.3, 0.4) is 0 Å². The number of benzene rings is 2. The van der Waals surface area contributed by atoms with Crippen molar-refractivity contribution >= 4 is 17.1 Å². The molecule has 4 aromatic rings. The molecule has 1 aliphatic rings. The van der Waals surface area contributed by atoms with Gasteiger partial charge >= 0.3 is 0 Å². The van der Waals surface area contributed by atoms with Gasteiger partial charge in [0.2, 0.25) is 0 Å². The fraction of sp³-hybridized carbons (Fsp3) is 0.280. The van der Waals surface area contributed by atoms with Gasteiger partial charge in [0.05, 0.1) is 5.69 Å². The summed E-state index contributed by atoms with van der Waals surface area (Å²) in [7, 11) is 2.17. The molecule has 0 amide bonds. The molecule has 0 radical (unpaired) electrons. The molecule has 1 aliphatic heterocycles. The fourth-order valence-electron chi connectivity index (χ4n) is 4.25. The number of likely N-dealkylation sites (tertiary alicyclic amines) is 1. The summed E-state index contributed by atoms with van der Waals surface area (Å²) in [4.78, 5) is 11.8. The summed E-state index contributed by atoms with van der Waals surface area (Å²) in [5.74, 6) is 2.29. The van der Waals surface area contributed by atoms with Crippen molar-refractivity contribution in [2.45, 2.75) is 25.4 Å². The zero-order valence-electron chi connectivity index (χ0n) is 17.5. The maximum Gasteiger partial charge on any atom is 0.155 e. The standard InChI is InChI=1S/C25H25ClN4O/c1-29-13-10-19(11-14-29)25-28-22(23-24(26)27-12-15-30(23)25)20-8-5-9-21(16-20)31-17-18-6-3-2-4-7-18/h2-9,12,15-16,19H,10-11,13-14,17H2,1H3. The van der Waals surface area contributed by atoms with E-state index >= 15 is 0 Å². The predicted molar refractivity (Wildman–Crippen MR) is 124 cm³/mol. The van der Waals surface area contributed by atoms with Crippen molar-refractivity contribution in [2.24, 2.45) is 0 Å². The summed E-state index contributed by atoms with van der Waals surface area (Å²) in [5.41, 5.74) is 3.84. The quantitative estimate of drug-likeness (QED) is 0.421. The lowest BCUT2D eigenvalue weighted by molar-refractivity contribution is 0.251. The van der Waals surface area contributed by atoms with E-state index in [1.165, 1.54) is 0 Å². The summed E-state index contributed by atoms with van der Waals surface area (Å²) in [5, 5.41) is 0.472. The predicted octanol–water partition coefficient (Wildman–Crippen LogP) is 5.44. The maximum absolute atomic E-state index is 6.56. The Morgan fingerprint density at radius 3 is 2.68 bits per heavy atom. The van der Waals surface area contributed by atoms with E-state index in [4.69, 9.17) is 21.3 Å². The summed E-state index contributed by atoms with van der Waals surface area (Å²) in [6.07, 6.45) is 5.91. The van der Waals surface area contributed by atoms with Crippen LogP contribution < -0.4 is 4.74 Å². The van der Waals surface area contributed by atoms with E-state index in [1.807, 2.05) is 42.6 Å². The molecule has 5 nitrogen and oxygen atoms in total. The highest BCUT2D eigenvalue weighted by Gasteiger charge is 2.25.